The first-order valence-electron chi connectivity index (χ1n) is 7.18. The molecule has 0 atom stereocenters. The van der Waals surface area contributed by atoms with Gasteiger partial charge in [0.15, 0.2) is 0 Å². The van der Waals surface area contributed by atoms with Crippen LogP contribution in [0.2, 0.25) is 0 Å². The van der Waals surface area contributed by atoms with Gasteiger partial charge < -0.3 is 9.52 Å². The molecule has 0 aliphatic rings. The van der Waals surface area contributed by atoms with E-state index in [1.165, 1.54) is 18.2 Å². The standard InChI is InChI=1S/C18H13NO5S/c1-3-12-4-6-13(7-5-12)19-25(22,23)14-8-9-16-15(10-14)11(2)17(24-16)18(20)21/h1,4-10,19H,2H3,(H,20,21). The quantitative estimate of drug-likeness (QED) is 0.701. The van der Waals surface area contributed by atoms with Crippen LogP contribution in [0.3, 0.4) is 0 Å². The van der Waals surface area contributed by atoms with Crippen molar-refractivity contribution in [3.63, 3.8) is 0 Å². The highest BCUT2D eigenvalue weighted by Gasteiger charge is 2.20. The molecule has 3 aromatic rings. The number of anilines is 1. The molecule has 1 aromatic heterocycles. The van der Waals surface area contributed by atoms with E-state index < -0.39 is 16.0 Å². The minimum atomic E-state index is -3.84. The molecule has 0 saturated heterocycles. The van der Waals surface area contributed by atoms with Crippen LogP contribution in [0.1, 0.15) is 21.7 Å². The number of hydrogen-bond donors (Lipinski definition) is 2. The van der Waals surface area contributed by atoms with E-state index in [9.17, 15) is 13.2 Å². The molecule has 0 bridgehead atoms. The number of aromatic carboxylic acids is 1. The van der Waals surface area contributed by atoms with Gasteiger partial charge in [0.05, 0.1) is 4.90 Å². The van der Waals surface area contributed by atoms with Crippen molar-refractivity contribution in [2.75, 3.05) is 4.72 Å². The number of furan rings is 1. The summed E-state index contributed by atoms with van der Waals surface area (Å²) in [6.45, 7) is 1.57. The molecule has 0 spiro atoms. The highest BCUT2D eigenvalue weighted by molar-refractivity contribution is 7.92. The lowest BCUT2D eigenvalue weighted by Crippen LogP contribution is -2.12. The molecule has 2 aromatic carbocycles. The number of hydrogen-bond acceptors (Lipinski definition) is 4. The van der Waals surface area contributed by atoms with Crippen LogP contribution in [0.5, 0.6) is 0 Å². The van der Waals surface area contributed by atoms with Crippen molar-refractivity contribution in [1.29, 1.82) is 0 Å². The zero-order valence-electron chi connectivity index (χ0n) is 13.1. The molecule has 25 heavy (non-hydrogen) atoms. The van der Waals surface area contributed by atoms with Crippen LogP contribution in [0.4, 0.5) is 5.69 Å². The molecule has 0 saturated carbocycles. The molecule has 1 heterocycles. The Labute approximate surface area is 144 Å². The van der Waals surface area contributed by atoms with Gasteiger partial charge in [-0.1, -0.05) is 5.92 Å². The fraction of sp³-hybridized carbons (Fsp3) is 0.0556. The summed E-state index contributed by atoms with van der Waals surface area (Å²) in [4.78, 5) is 11.1. The Hall–Kier alpha value is -3.24. The van der Waals surface area contributed by atoms with E-state index in [0.29, 0.717) is 27.8 Å². The Balaban J connectivity index is 2.00. The number of benzene rings is 2. The van der Waals surface area contributed by atoms with E-state index in [1.807, 2.05) is 0 Å². The van der Waals surface area contributed by atoms with E-state index in [0.717, 1.165) is 0 Å². The van der Waals surface area contributed by atoms with Crippen molar-refractivity contribution < 1.29 is 22.7 Å². The molecule has 0 amide bonds. The summed E-state index contributed by atoms with van der Waals surface area (Å²) in [5.74, 6) is 1.04. The van der Waals surface area contributed by atoms with Gasteiger partial charge in [0, 0.05) is 22.2 Å². The average molecular weight is 355 g/mol. The smallest absolute Gasteiger partial charge is 0.372 e. The fourth-order valence-electron chi connectivity index (χ4n) is 2.42. The first-order valence-corrected chi connectivity index (χ1v) is 8.66. The van der Waals surface area contributed by atoms with Crippen LogP contribution in [-0.4, -0.2) is 19.5 Å². The van der Waals surface area contributed by atoms with Crippen molar-refractivity contribution >= 4 is 32.6 Å². The third-order valence-electron chi connectivity index (χ3n) is 3.72. The summed E-state index contributed by atoms with van der Waals surface area (Å²) in [6.07, 6.45) is 5.27. The second-order valence-corrected chi connectivity index (χ2v) is 7.03. The number of terminal acetylenes is 1. The van der Waals surface area contributed by atoms with Crippen molar-refractivity contribution in [2.24, 2.45) is 0 Å². The minimum Gasteiger partial charge on any atom is -0.475 e. The van der Waals surface area contributed by atoms with Crippen molar-refractivity contribution in [3.05, 3.63) is 59.4 Å². The van der Waals surface area contributed by atoms with Gasteiger partial charge >= 0.3 is 5.97 Å². The lowest BCUT2D eigenvalue weighted by atomic mass is 10.1. The first kappa shape index (κ1) is 16.6. The molecule has 3 rings (SSSR count). The predicted molar refractivity (Wildman–Crippen MR) is 93.1 cm³/mol. The van der Waals surface area contributed by atoms with Crippen LogP contribution in [0, 0.1) is 19.3 Å². The molecule has 2 N–H and O–H groups in total. The van der Waals surface area contributed by atoms with Gasteiger partial charge in [0.2, 0.25) is 5.76 Å². The SMILES string of the molecule is C#Cc1ccc(NS(=O)(=O)c2ccc3oc(C(=O)O)c(C)c3c2)cc1. The number of nitrogens with one attached hydrogen (secondary N) is 1. The first-order chi connectivity index (χ1) is 11.8. The molecule has 126 valence electrons. The highest BCUT2D eigenvalue weighted by Crippen LogP contribution is 2.28. The third-order valence-corrected chi connectivity index (χ3v) is 5.09. The molecule has 0 fully saturated rings. The maximum Gasteiger partial charge on any atom is 0.372 e. The average Bonchev–Trinajstić information content (AvgIpc) is 2.92. The van der Waals surface area contributed by atoms with Gasteiger partial charge in [-0.05, 0) is 49.4 Å². The Bertz CT molecular complexity index is 1120. The van der Waals surface area contributed by atoms with E-state index in [2.05, 4.69) is 10.6 Å². The molecule has 0 aliphatic carbocycles. The molecule has 0 aliphatic heterocycles. The predicted octanol–water partition coefficient (Wildman–Crippen LogP) is 3.22. The number of sulfonamides is 1. The maximum atomic E-state index is 12.6. The van der Waals surface area contributed by atoms with E-state index >= 15 is 0 Å². The molecule has 0 radical (unpaired) electrons. The van der Waals surface area contributed by atoms with Crippen molar-refractivity contribution in [2.45, 2.75) is 11.8 Å². The second-order valence-electron chi connectivity index (χ2n) is 5.35. The van der Waals surface area contributed by atoms with Crippen molar-refractivity contribution in [1.82, 2.24) is 0 Å². The minimum absolute atomic E-state index is 0.00173. The summed E-state index contributed by atoms with van der Waals surface area (Å²) in [6, 6.07) is 10.6. The van der Waals surface area contributed by atoms with Crippen molar-refractivity contribution in [3.8, 4) is 12.3 Å². The normalized spacial score (nSPS) is 11.2. The highest BCUT2D eigenvalue weighted by atomic mass is 32.2. The lowest BCUT2D eigenvalue weighted by Gasteiger charge is -2.08. The number of fused-ring (bicyclic) bond motifs is 1. The topological polar surface area (TPSA) is 96.6 Å². The number of carboxylic acids is 1. The molecule has 6 nitrogen and oxygen atoms in total. The Morgan fingerprint density at radius 1 is 1.20 bits per heavy atom. The number of aryl methyl sites for hydroxylation is 1. The summed E-state index contributed by atoms with van der Waals surface area (Å²) < 4.78 is 32.8. The molecular formula is C18H13NO5S. The number of carboxylic acid groups (broad SMARTS) is 1. The Kier molecular flexibility index (Phi) is 3.99. The summed E-state index contributed by atoms with van der Waals surface area (Å²) in [5, 5.41) is 9.53. The third kappa shape index (κ3) is 3.07. The molecular weight excluding hydrogens is 342 g/mol. The van der Waals surface area contributed by atoms with E-state index in [-0.39, 0.29) is 10.7 Å². The number of carbonyl (C=O) groups is 1. The Morgan fingerprint density at radius 3 is 2.48 bits per heavy atom. The monoisotopic (exact) mass is 355 g/mol. The van der Waals surface area contributed by atoms with Gasteiger partial charge in [-0.2, -0.15) is 0 Å². The van der Waals surface area contributed by atoms with Gasteiger partial charge in [-0.15, -0.1) is 6.42 Å². The number of rotatable bonds is 4. The lowest BCUT2D eigenvalue weighted by molar-refractivity contribution is 0.0664. The summed E-state index contributed by atoms with van der Waals surface area (Å²) in [7, 11) is -3.84. The van der Waals surface area contributed by atoms with Gasteiger partial charge in [-0.25, -0.2) is 13.2 Å². The zero-order valence-corrected chi connectivity index (χ0v) is 13.9. The van der Waals surface area contributed by atoms with Crippen LogP contribution in [-0.2, 0) is 10.0 Å². The molecule has 0 unspecified atom stereocenters. The summed E-state index contributed by atoms with van der Waals surface area (Å²) in [5.41, 5.74) is 1.69. The van der Waals surface area contributed by atoms with E-state index in [1.54, 1.807) is 31.2 Å². The fourth-order valence-corrected chi connectivity index (χ4v) is 3.50. The summed E-state index contributed by atoms with van der Waals surface area (Å²) >= 11 is 0. The maximum absolute atomic E-state index is 12.6. The van der Waals surface area contributed by atoms with Crippen LogP contribution >= 0.6 is 0 Å². The molecule has 7 heteroatoms. The Morgan fingerprint density at radius 2 is 1.88 bits per heavy atom. The van der Waals surface area contributed by atoms with Crippen LogP contribution < -0.4 is 4.72 Å². The van der Waals surface area contributed by atoms with Gasteiger partial charge in [0.25, 0.3) is 10.0 Å². The van der Waals surface area contributed by atoms with Crippen LogP contribution in [0.25, 0.3) is 11.0 Å². The van der Waals surface area contributed by atoms with E-state index in [4.69, 9.17) is 15.9 Å². The van der Waals surface area contributed by atoms with Gasteiger partial charge in [-0.3, -0.25) is 4.72 Å². The zero-order chi connectivity index (χ0) is 18.2. The van der Waals surface area contributed by atoms with Gasteiger partial charge in [0.1, 0.15) is 5.58 Å². The second kappa shape index (κ2) is 6.00. The largest absolute Gasteiger partial charge is 0.475 e. The van der Waals surface area contributed by atoms with Crippen LogP contribution in [0.15, 0.2) is 51.8 Å².